The first-order chi connectivity index (χ1) is 15.3. The minimum atomic E-state index is -1.19. The van der Waals surface area contributed by atoms with Crippen molar-refractivity contribution in [2.75, 3.05) is 29.8 Å². The quantitative estimate of drug-likeness (QED) is 0.536. The molecule has 9 heteroatoms. The summed E-state index contributed by atoms with van der Waals surface area (Å²) in [6.45, 7) is 1.90. The van der Waals surface area contributed by atoms with Gasteiger partial charge in [0, 0.05) is 27.3 Å². The first-order valence-electron chi connectivity index (χ1n) is 10.3. The molecule has 1 fully saturated rings. The number of nitrogens with one attached hydrogen (secondary N) is 3. The number of aryl methyl sites for hydroxylation is 1. The molecule has 0 radical (unpaired) electrons. The maximum atomic E-state index is 13.6. The fraction of sp³-hybridized carbons (Fsp3) is 0.391. The average Bonchev–Trinajstić information content (AvgIpc) is 3.27. The van der Waals surface area contributed by atoms with Crippen molar-refractivity contribution in [3.63, 3.8) is 0 Å². The number of rotatable bonds is 6. The van der Waals surface area contributed by atoms with Crippen molar-refractivity contribution >= 4 is 58.2 Å². The molecule has 0 aromatic heterocycles. The molecule has 32 heavy (non-hydrogen) atoms. The third-order valence-electron chi connectivity index (χ3n) is 6.20. The second kappa shape index (κ2) is 9.14. The van der Waals surface area contributed by atoms with Gasteiger partial charge in [0.05, 0.1) is 18.7 Å². The van der Waals surface area contributed by atoms with E-state index >= 15 is 0 Å². The lowest BCUT2D eigenvalue weighted by Gasteiger charge is -2.29. The topological polar surface area (TPSA) is 79.5 Å². The van der Waals surface area contributed by atoms with Crippen LogP contribution in [0.1, 0.15) is 24.0 Å². The second-order valence-electron chi connectivity index (χ2n) is 8.15. The van der Waals surface area contributed by atoms with Crippen LogP contribution < -0.4 is 20.7 Å². The van der Waals surface area contributed by atoms with Gasteiger partial charge in [-0.25, -0.2) is 0 Å². The number of carbonyl (C=O) groups is 2. The number of ether oxygens (including phenoxy) is 1. The summed E-state index contributed by atoms with van der Waals surface area (Å²) in [5, 5.41) is 10.5. The highest BCUT2D eigenvalue weighted by Crippen LogP contribution is 2.49. The van der Waals surface area contributed by atoms with E-state index in [0.717, 1.165) is 29.0 Å². The predicted octanol–water partition coefficient (Wildman–Crippen LogP) is 4.83. The van der Waals surface area contributed by atoms with Crippen molar-refractivity contribution in [1.82, 2.24) is 5.32 Å². The van der Waals surface area contributed by atoms with Crippen LogP contribution >= 0.6 is 35.0 Å². The Morgan fingerprint density at radius 3 is 2.78 bits per heavy atom. The van der Waals surface area contributed by atoms with Crippen LogP contribution in [-0.4, -0.2) is 37.0 Å². The van der Waals surface area contributed by atoms with E-state index in [-0.39, 0.29) is 17.9 Å². The Morgan fingerprint density at radius 2 is 2.06 bits per heavy atom. The number of methoxy groups -OCH3 is 1. The molecule has 0 saturated carbocycles. The van der Waals surface area contributed by atoms with E-state index in [1.165, 1.54) is 7.11 Å². The zero-order chi connectivity index (χ0) is 23.0. The molecule has 2 aromatic rings. The van der Waals surface area contributed by atoms with Crippen molar-refractivity contribution in [1.29, 1.82) is 0 Å². The smallest absolute Gasteiger partial charge is 0.250 e. The molecule has 2 aromatic carbocycles. The van der Waals surface area contributed by atoms with Gasteiger partial charge in [-0.1, -0.05) is 23.2 Å². The Morgan fingerprint density at radius 1 is 1.28 bits per heavy atom. The van der Waals surface area contributed by atoms with Crippen molar-refractivity contribution in [3.05, 3.63) is 51.5 Å². The number of amides is 2. The van der Waals surface area contributed by atoms with Gasteiger partial charge in [-0.15, -0.1) is 0 Å². The van der Waals surface area contributed by atoms with Crippen molar-refractivity contribution in [2.45, 2.75) is 31.3 Å². The van der Waals surface area contributed by atoms with Crippen LogP contribution in [0, 0.1) is 12.8 Å². The second-order valence-corrected chi connectivity index (χ2v) is 10.0. The fourth-order valence-electron chi connectivity index (χ4n) is 4.74. The van der Waals surface area contributed by atoms with Gasteiger partial charge < -0.3 is 15.4 Å². The lowest BCUT2D eigenvalue weighted by atomic mass is 9.79. The Kier molecular flexibility index (Phi) is 6.63. The summed E-state index contributed by atoms with van der Waals surface area (Å²) < 4.78 is 5.38. The summed E-state index contributed by atoms with van der Waals surface area (Å²) in [5.74, 6) is 0.273. The molecule has 2 aliphatic rings. The molecule has 1 spiro atoms. The molecule has 4 rings (SSSR count). The van der Waals surface area contributed by atoms with Gasteiger partial charge in [0.2, 0.25) is 11.8 Å². The monoisotopic (exact) mass is 493 g/mol. The van der Waals surface area contributed by atoms with Gasteiger partial charge in [-0.3, -0.25) is 14.9 Å². The molecule has 3 N–H and O–H groups in total. The highest BCUT2D eigenvalue weighted by Gasteiger charge is 2.60. The number of hydrogen-bond donors (Lipinski definition) is 3. The van der Waals surface area contributed by atoms with Gasteiger partial charge in [0.25, 0.3) is 0 Å². The van der Waals surface area contributed by atoms with Crippen LogP contribution in [0.25, 0.3) is 0 Å². The summed E-state index contributed by atoms with van der Waals surface area (Å²) in [4.78, 5) is 27.1. The minimum Gasteiger partial charge on any atom is -0.495 e. The Hall–Kier alpha value is -1.93. The van der Waals surface area contributed by atoms with Crippen LogP contribution in [-0.2, 0) is 15.1 Å². The molecule has 0 aliphatic carbocycles. The third kappa shape index (κ3) is 3.96. The van der Waals surface area contributed by atoms with Gasteiger partial charge in [0.1, 0.15) is 11.3 Å². The number of benzene rings is 2. The van der Waals surface area contributed by atoms with Crippen LogP contribution in [0.4, 0.5) is 11.4 Å². The standard InChI is InChI=1S/C23H25Cl2N3O3S/c1-12-8-14(25)9-16-20(12)27-22(30)23(16)17(11-15(28-23)6-7-32-3)21(29)26-18-10-13(24)4-5-19(18)31-2/h4-5,8-10,15,17,28H,6-7,11H2,1-3H3,(H,26,29)(H,27,30). The van der Waals surface area contributed by atoms with Crippen LogP contribution in [0.5, 0.6) is 5.75 Å². The normalized spacial score (nSPS) is 23.8. The number of hydrogen-bond acceptors (Lipinski definition) is 5. The first-order valence-corrected chi connectivity index (χ1v) is 12.5. The highest BCUT2D eigenvalue weighted by atomic mass is 35.5. The molecule has 1 saturated heterocycles. The summed E-state index contributed by atoms with van der Waals surface area (Å²) in [6, 6.07) is 8.64. The van der Waals surface area contributed by atoms with E-state index in [4.69, 9.17) is 27.9 Å². The van der Waals surface area contributed by atoms with E-state index in [0.29, 0.717) is 27.9 Å². The van der Waals surface area contributed by atoms with Crippen LogP contribution in [0.2, 0.25) is 10.0 Å². The maximum Gasteiger partial charge on any atom is 0.250 e. The molecule has 0 bridgehead atoms. The molecule has 3 unspecified atom stereocenters. The molecule has 2 amide bonds. The molecule has 2 aliphatic heterocycles. The van der Waals surface area contributed by atoms with E-state index in [1.54, 1.807) is 36.0 Å². The van der Waals surface area contributed by atoms with Crippen molar-refractivity contribution < 1.29 is 14.3 Å². The van der Waals surface area contributed by atoms with Crippen molar-refractivity contribution in [3.8, 4) is 5.75 Å². The molecule has 3 atom stereocenters. The molecule has 6 nitrogen and oxygen atoms in total. The SMILES string of the molecule is COc1ccc(Cl)cc1NC(=O)C1CC(CCSC)NC12C(=O)Nc1c(C)cc(Cl)cc12. The molecular formula is C23H25Cl2N3O3S. The summed E-state index contributed by atoms with van der Waals surface area (Å²) in [5.41, 5.74) is 1.58. The Labute approximate surface area is 201 Å². The summed E-state index contributed by atoms with van der Waals surface area (Å²) >= 11 is 14.2. The van der Waals surface area contributed by atoms with E-state index < -0.39 is 11.5 Å². The van der Waals surface area contributed by atoms with E-state index in [1.807, 2.05) is 19.2 Å². The molecule has 2 heterocycles. The number of halogens is 2. The molecular weight excluding hydrogens is 469 g/mol. The highest BCUT2D eigenvalue weighted by molar-refractivity contribution is 7.98. The maximum absolute atomic E-state index is 13.6. The first kappa shape index (κ1) is 23.2. The summed E-state index contributed by atoms with van der Waals surface area (Å²) in [6.07, 6.45) is 3.41. The van der Waals surface area contributed by atoms with Crippen LogP contribution in [0.15, 0.2) is 30.3 Å². The largest absolute Gasteiger partial charge is 0.495 e. The minimum absolute atomic E-state index is 0.00967. The number of carbonyl (C=O) groups excluding carboxylic acids is 2. The van der Waals surface area contributed by atoms with E-state index in [2.05, 4.69) is 16.0 Å². The molecule has 170 valence electrons. The lowest BCUT2D eigenvalue weighted by Crippen LogP contribution is -2.52. The van der Waals surface area contributed by atoms with Gasteiger partial charge in [-0.05, 0) is 67.7 Å². The van der Waals surface area contributed by atoms with Crippen molar-refractivity contribution in [2.24, 2.45) is 5.92 Å². The average molecular weight is 494 g/mol. The lowest BCUT2D eigenvalue weighted by molar-refractivity contribution is -0.130. The zero-order valence-electron chi connectivity index (χ0n) is 18.1. The third-order valence-corrected chi connectivity index (χ3v) is 7.30. The van der Waals surface area contributed by atoms with Gasteiger partial charge >= 0.3 is 0 Å². The number of fused-ring (bicyclic) bond motifs is 2. The van der Waals surface area contributed by atoms with E-state index in [9.17, 15) is 9.59 Å². The number of anilines is 2. The zero-order valence-corrected chi connectivity index (χ0v) is 20.4. The Balaban J connectivity index is 1.76. The van der Waals surface area contributed by atoms with Crippen LogP contribution in [0.3, 0.4) is 0 Å². The Bertz CT molecular complexity index is 1080. The fourth-order valence-corrected chi connectivity index (χ4v) is 5.70. The van der Waals surface area contributed by atoms with Gasteiger partial charge in [0.15, 0.2) is 0 Å². The number of thioether (sulfide) groups is 1. The predicted molar refractivity (Wildman–Crippen MR) is 131 cm³/mol. The summed E-state index contributed by atoms with van der Waals surface area (Å²) in [7, 11) is 1.53. The van der Waals surface area contributed by atoms with Gasteiger partial charge in [-0.2, -0.15) is 11.8 Å².